The third-order valence-corrected chi connectivity index (χ3v) is 12.3. The lowest BCUT2D eigenvalue weighted by Gasteiger charge is -1.99. The molecule has 20 heteroatoms. The number of hydrogen-bond acceptors (Lipinski definition) is 16. The highest BCUT2D eigenvalue weighted by Crippen LogP contribution is 2.30. The van der Waals surface area contributed by atoms with Crippen LogP contribution in [0.4, 0.5) is 45.5 Å². The van der Waals surface area contributed by atoms with Gasteiger partial charge in [-0.1, -0.05) is 72.8 Å². The van der Waals surface area contributed by atoms with Gasteiger partial charge in [-0.15, -0.1) is 0 Å². The molecule has 0 radical (unpaired) electrons. The summed E-state index contributed by atoms with van der Waals surface area (Å²) in [6, 6.07) is 59.1. The number of phenols is 4. The zero-order chi connectivity index (χ0) is 54.0. The fraction of sp³-hybridized carbons (Fsp3) is 0. The van der Waals surface area contributed by atoms with Crippen molar-refractivity contribution in [1.29, 1.82) is 0 Å². The van der Waals surface area contributed by atoms with Gasteiger partial charge in [0.25, 0.3) is 0 Å². The van der Waals surface area contributed by atoms with Gasteiger partial charge in [-0.25, -0.2) is 0 Å². The van der Waals surface area contributed by atoms with E-state index in [1.807, 2.05) is 260 Å². The summed E-state index contributed by atoms with van der Waals surface area (Å²) in [6.07, 6.45) is 13.6. The van der Waals surface area contributed by atoms with Crippen molar-refractivity contribution >= 4 is 136 Å². The second-order valence-corrected chi connectivity index (χ2v) is 19.1. The molecule has 0 amide bonds. The van der Waals surface area contributed by atoms with Gasteiger partial charge in [0.05, 0.1) is 59.8 Å². The lowest BCUT2D eigenvalue weighted by Crippen LogP contribution is -1.77. The predicted molar refractivity (Wildman–Crippen MR) is 330 cm³/mol. The molecule has 76 heavy (non-hydrogen) atoms. The molecule has 0 saturated carbocycles. The quantitative estimate of drug-likeness (QED) is 0.0842. The lowest BCUT2D eigenvalue weighted by molar-refractivity contribution is 0.444. The van der Waals surface area contributed by atoms with Crippen LogP contribution in [-0.4, -0.2) is 40.4 Å². The molecule has 0 unspecified atom stereocenters. The first-order valence-electron chi connectivity index (χ1n) is 22.2. The molecule has 0 fully saturated rings. The minimum atomic E-state index is 0.124. The van der Waals surface area contributed by atoms with E-state index in [0.717, 1.165) is 59.8 Å². The van der Waals surface area contributed by atoms with E-state index >= 15 is 0 Å². The summed E-state index contributed by atoms with van der Waals surface area (Å²) >= 11 is 8.00. The van der Waals surface area contributed by atoms with Crippen molar-refractivity contribution in [3.05, 3.63) is 258 Å². The second-order valence-electron chi connectivity index (χ2n) is 14.5. The Balaban J connectivity index is 0.000000169. The van der Waals surface area contributed by atoms with Crippen molar-refractivity contribution in [2.24, 2.45) is 40.9 Å². The number of rotatable bonds is 8. The molecule has 0 saturated heterocycles. The first kappa shape index (κ1) is 59.3. The van der Waals surface area contributed by atoms with Crippen LogP contribution in [0.1, 0.15) is 0 Å². The second kappa shape index (κ2) is 34.8. The molecule has 0 aliphatic rings. The molecule has 6 aromatic carbocycles. The summed E-state index contributed by atoms with van der Waals surface area (Å²) in [5.41, 5.74) is 6.64. The monoisotopic (exact) mass is 1460 g/mol. The molecule has 4 aromatic heterocycles. The summed E-state index contributed by atoms with van der Waals surface area (Å²) in [5.74, 6) is 0.495. The summed E-state index contributed by atoms with van der Waals surface area (Å²) in [6.45, 7) is 0. The fourth-order valence-corrected chi connectivity index (χ4v) is 8.20. The van der Waals surface area contributed by atoms with Crippen LogP contribution in [0.3, 0.4) is 0 Å². The first-order valence-corrected chi connectivity index (χ1v) is 26.5. The Bertz CT molecular complexity index is 2670. The van der Waals surface area contributed by atoms with Gasteiger partial charge in [-0.05, 0) is 200 Å². The smallest absolute Gasteiger partial charge is 0.132 e. The van der Waals surface area contributed by atoms with Crippen LogP contribution in [-0.2, 0) is 0 Å². The molecular formula is C56H44I4N12O4. The fourth-order valence-electron chi connectivity index (χ4n) is 5.14. The number of pyridine rings is 4. The maximum Gasteiger partial charge on any atom is 0.132 e. The molecule has 10 rings (SSSR count). The van der Waals surface area contributed by atoms with Crippen molar-refractivity contribution in [2.75, 3.05) is 0 Å². The third kappa shape index (κ3) is 24.2. The highest BCUT2D eigenvalue weighted by Gasteiger charge is 2.04. The van der Waals surface area contributed by atoms with Gasteiger partial charge < -0.3 is 20.4 Å². The van der Waals surface area contributed by atoms with E-state index in [2.05, 4.69) is 60.8 Å². The van der Waals surface area contributed by atoms with E-state index in [1.54, 1.807) is 61.7 Å². The first-order chi connectivity index (χ1) is 37.0. The van der Waals surface area contributed by atoms with Gasteiger partial charge in [0.2, 0.25) is 0 Å². The van der Waals surface area contributed by atoms with E-state index < -0.39 is 0 Å². The van der Waals surface area contributed by atoms with Crippen LogP contribution in [0, 0.1) is 14.3 Å². The highest BCUT2D eigenvalue weighted by atomic mass is 127. The van der Waals surface area contributed by atoms with Crippen LogP contribution in [0.25, 0.3) is 0 Å². The number of aromatic nitrogens is 4. The minimum Gasteiger partial charge on any atom is -0.507 e. The van der Waals surface area contributed by atoms with Gasteiger partial charge in [0, 0.05) is 61.7 Å². The summed E-state index contributed by atoms with van der Waals surface area (Å²) in [7, 11) is 0. The minimum absolute atomic E-state index is 0.124. The summed E-state index contributed by atoms with van der Waals surface area (Å²) < 4.78 is 3.00. The number of aromatic hydroxyl groups is 4. The summed E-state index contributed by atoms with van der Waals surface area (Å²) in [5, 5.41) is 68.8. The van der Waals surface area contributed by atoms with Crippen molar-refractivity contribution in [3.8, 4) is 23.0 Å². The average Bonchev–Trinajstić information content (AvgIpc) is 3.47. The van der Waals surface area contributed by atoms with Crippen LogP contribution < -0.4 is 0 Å². The number of phenolic OH excluding ortho intramolecular Hbond substituents is 4. The van der Waals surface area contributed by atoms with Crippen molar-refractivity contribution < 1.29 is 20.4 Å². The Morgan fingerprint density at radius 3 is 0.539 bits per heavy atom. The standard InChI is InChI=1S/4C11H9N3.2C6H4I2O2/c4*1-2-4-10(5-3-1)13-14-11-6-8-12-9-7-11;2*7-3-1-4(8)6(10)2-5(3)9/h4*1-9H;2*1-2,9-10H. The molecule has 4 N–H and O–H groups in total. The number of nitrogens with zero attached hydrogens (tertiary/aromatic N) is 12. The normalized spacial score (nSPS) is 10.4. The summed E-state index contributed by atoms with van der Waals surface area (Å²) in [4.78, 5) is 15.6. The third-order valence-electron chi connectivity index (χ3n) is 8.83. The average molecular weight is 1460 g/mol. The predicted octanol–water partition coefficient (Wildman–Crippen LogP) is 18.6. The van der Waals surface area contributed by atoms with E-state index in [0.29, 0.717) is 0 Å². The number of halogens is 4. The Kier molecular flexibility index (Phi) is 27.2. The van der Waals surface area contributed by atoms with E-state index in [-0.39, 0.29) is 23.0 Å². The molecule has 10 aromatic rings. The SMILES string of the molecule is Oc1cc(O)c(I)cc1I.Oc1cc(O)c(I)cc1I.c1ccc(N=Nc2ccncc2)cc1.c1ccc(N=Nc2ccncc2)cc1.c1ccc(N=Nc2ccncc2)cc1.c1ccc(N=Nc2ccncc2)cc1. The maximum absolute atomic E-state index is 9.05. The van der Waals surface area contributed by atoms with E-state index in [1.165, 1.54) is 12.1 Å². The number of hydrogen-bond donors (Lipinski definition) is 4. The Labute approximate surface area is 493 Å². The Hall–Kier alpha value is -7.56. The van der Waals surface area contributed by atoms with Gasteiger partial charge in [0.1, 0.15) is 23.0 Å². The largest absolute Gasteiger partial charge is 0.507 e. The maximum atomic E-state index is 9.05. The van der Waals surface area contributed by atoms with Crippen LogP contribution in [0.5, 0.6) is 23.0 Å². The molecule has 0 bridgehead atoms. The lowest BCUT2D eigenvalue weighted by atomic mass is 10.3. The van der Waals surface area contributed by atoms with Gasteiger partial charge in [0.15, 0.2) is 0 Å². The van der Waals surface area contributed by atoms with Gasteiger partial charge in [-0.3, -0.25) is 19.9 Å². The number of benzene rings is 6. The molecule has 0 aliphatic heterocycles. The molecule has 0 spiro atoms. The Morgan fingerprint density at radius 2 is 0.382 bits per heavy atom. The van der Waals surface area contributed by atoms with E-state index in [9.17, 15) is 0 Å². The highest BCUT2D eigenvalue weighted by molar-refractivity contribution is 14.1. The Morgan fingerprint density at radius 1 is 0.224 bits per heavy atom. The molecule has 0 aliphatic carbocycles. The molecule has 4 heterocycles. The molecule has 380 valence electrons. The van der Waals surface area contributed by atoms with Crippen LogP contribution >= 0.6 is 90.4 Å². The van der Waals surface area contributed by atoms with Crippen LogP contribution in [0.15, 0.2) is 285 Å². The van der Waals surface area contributed by atoms with Crippen molar-refractivity contribution in [3.63, 3.8) is 0 Å². The zero-order valence-corrected chi connectivity index (χ0v) is 48.4. The topological polar surface area (TPSA) is 231 Å². The van der Waals surface area contributed by atoms with E-state index in [4.69, 9.17) is 20.4 Å². The molecular weight excluding hydrogens is 1410 g/mol. The molecule has 0 atom stereocenters. The van der Waals surface area contributed by atoms with Crippen LogP contribution in [0.2, 0.25) is 0 Å². The van der Waals surface area contributed by atoms with Gasteiger partial charge in [-0.2, -0.15) is 40.9 Å². The zero-order valence-electron chi connectivity index (χ0n) is 39.8. The van der Waals surface area contributed by atoms with Crippen molar-refractivity contribution in [2.45, 2.75) is 0 Å². The number of azo groups is 4. The van der Waals surface area contributed by atoms with Crippen molar-refractivity contribution in [1.82, 2.24) is 19.9 Å². The van der Waals surface area contributed by atoms with Gasteiger partial charge >= 0.3 is 0 Å². The molecule has 16 nitrogen and oxygen atoms in total.